The Labute approximate surface area is 252 Å². The minimum absolute atomic E-state index is 0.483. The van der Waals surface area contributed by atoms with Crippen molar-refractivity contribution in [3.05, 3.63) is 145 Å². The van der Waals surface area contributed by atoms with Gasteiger partial charge < -0.3 is 9.47 Å². The van der Waals surface area contributed by atoms with E-state index in [0.717, 1.165) is 37.9 Å². The SMILES string of the molecule is N#Cc1ccc(C#N)c(-n2c3ccccc3c3ccccc32)c1N(c1ccccc1)c1ccc2c(c1)sc1ccccc12. The van der Waals surface area contributed by atoms with E-state index in [9.17, 15) is 10.5 Å². The van der Waals surface area contributed by atoms with Crippen molar-refractivity contribution in [3.8, 4) is 17.8 Å². The number of hydrogen-bond donors (Lipinski definition) is 0. The maximum Gasteiger partial charge on any atom is 0.101 e. The molecule has 0 spiro atoms. The van der Waals surface area contributed by atoms with Gasteiger partial charge in [-0.05, 0) is 54.6 Å². The van der Waals surface area contributed by atoms with Gasteiger partial charge in [-0.2, -0.15) is 10.5 Å². The van der Waals surface area contributed by atoms with Crippen molar-refractivity contribution in [2.45, 2.75) is 0 Å². The Bertz CT molecular complexity index is 2380. The van der Waals surface area contributed by atoms with Gasteiger partial charge in [0.1, 0.15) is 12.1 Å². The van der Waals surface area contributed by atoms with E-state index < -0.39 is 0 Å². The fourth-order valence-corrected chi connectivity index (χ4v) is 7.35. The highest BCUT2D eigenvalue weighted by atomic mass is 32.1. The van der Waals surface area contributed by atoms with Crippen LogP contribution >= 0.6 is 11.3 Å². The van der Waals surface area contributed by atoms with E-state index in [1.54, 1.807) is 23.5 Å². The number of para-hydroxylation sites is 3. The summed E-state index contributed by atoms with van der Waals surface area (Å²) in [6.45, 7) is 0. The average molecular weight is 567 g/mol. The largest absolute Gasteiger partial charge is 0.307 e. The molecule has 5 heteroatoms. The molecule has 0 amide bonds. The van der Waals surface area contributed by atoms with Crippen LogP contribution in [0.5, 0.6) is 0 Å². The molecule has 8 aromatic rings. The second-order valence-electron chi connectivity index (χ2n) is 10.4. The summed E-state index contributed by atoms with van der Waals surface area (Å²) >= 11 is 1.76. The third kappa shape index (κ3) is 3.81. The maximum atomic E-state index is 10.6. The summed E-state index contributed by atoms with van der Waals surface area (Å²) in [5, 5.41) is 25.7. The molecule has 43 heavy (non-hydrogen) atoms. The monoisotopic (exact) mass is 566 g/mol. The third-order valence-corrected chi connectivity index (χ3v) is 9.19. The fourth-order valence-electron chi connectivity index (χ4n) is 6.21. The van der Waals surface area contributed by atoms with Crippen molar-refractivity contribution >= 4 is 70.4 Å². The zero-order valence-electron chi connectivity index (χ0n) is 22.9. The second kappa shape index (κ2) is 9.89. The van der Waals surface area contributed by atoms with Crippen LogP contribution in [-0.4, -0.2) is 4.57 Å². The summed E-state index contributed by atoms with van der Waals surface area (Å²) in [4.78, 5) is 2.13. The molecule has 0 radical (unpaired) electrons. The van der Waals surface area contributed by atoms with Crippen LogP contribution in [0.1, 0.15) is 11.1 Å². The van der Waals surface area contributed by atoms with Gasteiger partial charge in [0.15, 0.2) is 0 Å². The van der Waals surface area contributed by atoms with Crippen LogP contribution in [-0.2, 0) is 0 Å². The first kappa shape index (κ1) is 24.9. The second-order valence-corrected chi connectivity index (χ2v) is 11.5. The van der Waals surface area contributed by atoms with E-state index in [0.29, 0.717) is 22.5 Å². The normalized spacial score (nSPS) is 11.2. The zero-order valence-corrected chi connectivity index (χ0v) is 23.7. The molecule has 4 nitrogen and oxygen atoms in total. The first-order valence-corrected chi connectivity index (χ1v) is 14.8. The van der Waals surface area contributed by atoms with Crippen LogP contribution < -0.4 is 4.90 Å². The van der Waals surface area contributed by atoms with E-state index in [1.807, 2.05) is 54.6 Å². The Hall–Kier alpha value is -5.88. The van der Waals surface area contributed by atoms with Gasteiger partial charge >= 0.3 is 0 Å². The molecule has 2 aromatic heterocycles. The van der Waals surface area contributed by atoms with E-state index in [4.69, 9.17) is 0 Å². The van der Waals surface area contributed by atoms with Crippen molar-refractivity contribution < 1.29 is 0 Å². The van der Waals surface area contributed by atoms with Crippen molar-refractivity contribution in [3.63, 3.8) is 0 Å². The molecule has 8 rings (SSSR count). The molecule has 0 atom stereocenters. The van der Waals surface area contributed by atoms with Crippen LogP contribution in [0.15, 0.2) is 133 Å². The first-order chi connectivity index (χ1) is 21.3. The van der Waals surface area contributed by atoms with E-state index >= 15 is 0 Å². The quantitative estimate of drug-likeness (QED) is 0.213. The highest BCUT2D eigenvalue weighted by Gasteiger charge is 2.26. The molecule has 200 valence electrons. The number of aromatic nitrogens is 1. The number of hydrogen-bond acceptors (Lipinski definition) is 4. The van der Waals surface area contributed by atoms with Crippen molar-refractivity contribution in [2.24, 2.45) is 0 Å². The summed E-state index contributed by atoms with van der Waals surface area (Å²) in [5.74, 6) is 0. The predicted molar refractivity (Wildman–Crippen MR) is 178 cm³/mol. The zero-order chi connectivity index (χ0) is 28.9. The predicted octanol–water partition coefficient (Wildman–Crippen LogP) is 10.4. The lowest BCUT2D eigenvalue weighted by Crippen LogP contribution is -2.16. The maximum absolute atomic E-state index is 10.6. The molecule has 0 aliphatic heterocycles. The van der Waals surface area contributed by atoms with E-state index in [2.05, 4.69) is 88.3 Å². The Balaban J connectivity index is 1.51. The van der Waals surface area contributed by atoms with Gasteiger partial charge in [0.25, 0.3) is 0 Å². The number of fused-ring (bicyclic) bond motifs is 6. The molecule has 0 bridgehead atoms. The number of nitriles is 2. The van der Waals surface area contributed by atoms with Gasteiger partial charge in [0, 0.05) is 42.3 Å². The van der Waals surface area contributed by atoms with Crippen LogP contribution in [0, 0.1) is 22.7 Å². The number of rotatable bonds is 4. The van der Waals surface area contributed by atoms with Gasteiger partial charge in [0.05, 0.1) is 33.5 Å². The van der Waals surface area contributed by atoms with Gasteiger partial charge in [-0.3, -0.25) is 0 Å². The highest BCUT2D eigenvalue weighted by Crippen LogP contribution is 2.46. The topological polar surface area (TPSA) is 55.8 Å². The van der Waals surface area contributed by atoms with Crippen molar-refractivity contribution in [1.29, 1.82) is 10.5 Å². The van der Waals surface area contributed by atoms with Crippen molar-refractivity contribution in [2.75, 3.05) is 4.90 Å². The smallest absolute Gasteiger partial charge is 0.101 e. The molecule has 0 aliphatic carbocycles. The summed E-state index contributed by atoms with van der Waals surface area (Å²) in [5.41, 5.74) is 6.09. The van der Waals surface area contributed by atoms with Gasteiger partial charge in [-0.1, -0.05) is 78.9 Å². The fraction of sp³-hybridized carbons (Fsp3) is 0. The lowest BCUT2D eigenvalue weighted by molar-refractivity contribution is 1.13. The van der Waals surface area contributed by atoms with Crippen LogP contribution in [0.25, 0.3) is 47.7 Å². The van der Waals surface area contributed by atoms with Crippen LogP contribution in [0.2, 0.25) is 0 Å². The molecule has 6 aromatic carbocycles. The van der Waals surface area contributed by atoms with Crippen LogP contribution in [0.3, 0.4) is 0 Å². The summed E-state index contributed by atoms with van der Waals surface area (Å²) in [7, 11) is 0. The Kier molecular flexibility index (Phi) is 5.72. The van der Waals surface area contributed by atoms with Crippen LogP contribution in [0.4, 0.5) is 17.1 Å². The standard InChI is InChI=1S/C38H22N4S/c39-23-25-18-19-26(24-40)38(42-33-15-7-4-12-29(33)30-13-5-8-16-34(30)42)37(25)41(27-10-2-1-3-11-27)28-20-21-32-31-14-6-9-17-35(31)43-36(32)22-28/h1-22H. The first-order valence-electron chi connectivity index (χ1n) is 14.0. The lowest BCUT2D eigenvalue weighted by Gasteiger charge is -2.29. The minimum atomic E-state index is 0.483. The molecule has 0 aliphatic rings. The summed E-state index contributed by atoms with van der Waals surface area (Å²) in [6, 6.07) is 49.9. The Morgan fingerprint density at radius 3 is 1.79 bits per heavy atom. The van der Waals surface area contributed by atoms with Gasteiger partial charge in [-0.15, -0.1) is 11.3 Å². The Morgan fingerprint density at radius 1 is 0.512 bits per heavy atom. The molecule has 0 N–H and O–H groups in total. The molecule has 0 fully saturated rings. The van der Waals surface area contributed by atoms with E-state index in [-0.39, 0.29) is 0 Å². The third-order valence-electron chi connectivity index (χ3n) is 8.05. The number of thiophene rings is 1. The number of benzene rings is 6. The van der Waals surface area contributed by atoms with Gasteiger partial charge in [0.2, 0.25) is 0 Å². The molecule has 0 saturated heterocycles. The minimum Gasteiger partial charge on any atom is -0.307 e. The molecule has 2 heterocycles. The number of nitrogens with zero attached hydrogens (tertiary/aromatic N) is 4. The Morgan fingerprint density at radius 2 is 1.09 bits per heavy atom. The molecule has 0 unspecified atom stereocenters. The van der Waals surface area contributed by atoms with Gasteiger partial charge in [-0.25, -0.2) is 0 Å². The van der Waals surface area contributed by atoms with E-state index in [1.165, 1.54) is 15.5 Å². The lowest BCUT2D eigenvalue weighted by atomic mass is 10.0. The average Bonchev–Trinajstić information content (AvgIpc) is 3.60. The number of anilines is 3. The molecule has 0 saturated carbocycles. The van der Waals surface area contributed by atoms with Crippen molar-refractivity contribution in [1.82, 2.24) is 4.57 Å². The summed E-state index contributed by atoms with van der Waals surface area (Å²) in [6.07, 6.45) is 0. The summed E-state index contributed by atoms with van der Waals surface area (Å²) < 4.78 is 4.54. The molecular formula is C38H22N4S. The molecular weight excluding hydrogens is 545 g/mol. The highest BCUT2D eigenvalue weighted by molar-refractivity contribution is 7.25.